The molecule has 0 amide bonds. The Hall–Kier alpha value is -1.49. The Morgan fingerprint density at radius 3 is 2.35 bits per heavy atom. The van der Waals surface area contributed by atoms with Crippen molar-refractivity contribution in [3.05, 3.63) is 42.5 Å². The maximum Gasteiger partial charge on any atom is 0.573 e. The summed E-state index contributed by atoms with van der Waals surface area (Å²) in [7, 11) is 0. The highest BCUT2D eigenvalue weighted by Crippen LogP contribution is 2.24. The van der Waals surface area contributed by atoms with Crippen LogP contribution in [-0.2, 0) is 0 Å². The number of allylic oxidation sites excluding steroid dienone is 1. The molecule has 0 aromatic heterocycles. The molecule has 1 aromatic carbocycles. The van der Waals surface area contributed by atoms with Crippen molar-refractivity contribution in [3.63, 3.8) is 0 Å². The van der Waals surface area contributed by atoms with E-state index < -0.39 is 6.36 Å². The van der Waals surface area contributed by atoms with Crippen molar-refractivity contribution in [1.82, 2.24) is 0 Å². The maximum absolute atomic E-state index is 11.9. The quantitative estimate of drug-likeness (QED) is 0.805. The van der Waals surface area contributed by atoms with Gasteiger partial charge in [0.05, 0.1) is 0 Å². The average Bonchev–Trinajstić information content (AvgIpc) is 2.24. The van der Waals surface area contributed by atoms with Crippen molar-refractivity contribution in [2.24, 2.45) is 5.73 Å². The molecule has 0 aliphatic rings. The molecule has 94 valence electrons. The lowest BCUT2D eigenvalue weighted by Gasteiger charge is -2.12. The van der Waals surface area contributed by atoms with Crippen LogP contribution in [0.3, 0.4) is 0 Å². The van der Waals surface area contributed by atoms with Gasteiger partial charge in [-0.25, -0.2) is 0 Å². The van der Waals surface area contributed by atoms with Gasteiger partial charge in [-0.1, -0.05) is 18.2 Å². The van der Waals surface area contributed by atoms with Crippen LogP contribution < -0.4 is 10.5 Å². The van der Waals surface area contributed by atoms with Gasteiger partial charge in [0.2, 0.25) is 0 Å². The minimum Gasteiger partial charge on any atom is -0.406 e. The third-order valence-electron chi connectivity index (χ3n) is 2.22. The highest BCUT2D eigenvalue weighted by molar-refractivity contribution is 5.29. The van der Waals surface area contributed by atoms with Gasteiger partial charge >= 0.3 is 6.36 Å². The summed E-state index contributed by atoms with van der Waals surface area (Å²) < 4.78 is 39.5. The van der Waals surface area contributed by atoms with Crippen LogP contribution in [0, 0.1) is 0 Å². The van der Waals surface area contributed by atoms with E-state index in [0.29, 0.717) is 6.42 Å². The lowest BCUT2D eigenvalue weighted by atomic mass is 10.0. The minimum absolute atomic E-state index is 0.201. The van der Waals surface area contributed by atoms with Gasteiger partial charge in [0.25, 0.3) is 0 Å². The molecule has 2 nitrogen and oxygen atoms in total. The van der Waals surface area contributed by atoms with E-state index in [0.717, 1.165) is 12.0 Å². The van der Waals surface area contributed by atoms with E-state index in [-0.39, 0.29) is 11.8 Å². The van der Waals surface area contributed by atoms with Gasteiger partial charge < -0.3 is 10.5 Å². The van der Waals surface area contributed by atoms with E-state index >= 15 is 0 Å². The van der Waals surface area contributed by atoms with Crippen molar-refractivity contribution in [2.45, 2.75) is 25.2 Å². The third kappa shape index (κ3) is 4.91. The summed E-state index contributed by atoms with van der Waals surface area (Å²) in [6.45, 7) is 3.58. The number of hydrogen-bond donors (Lipinski definition) is 1. The fourth-order valence-corrected chi connectivity index (χ4v) is 1.38. The summed E-state index contributed by atoms with van der Waals surface area (Å²) >= 11 is 0. The molecule has 0 bridgehead atoms. The number of hydrogen-bond acceptors (Lipinski definition) is 2. The van der Waals surface area contributed by atoms with E-state index in [9.17, 15) is 13.2 Å². The molecule has 0 saturated heterocycles. The van der Waals surface area contributed by atoms with Crippen molar-refractivity contribution >= 4 is 0 Å². The Morgan fingerprint density at radius 2 is 1.88 bits per heavy atom. The van der Waals surface area contributed by atoms with Crippen molar-refractivity contribution in [3.8, 4) is 5.75 Å². The van der Waals surface area contributed by atoms with Crippen molar-refractivity contribution in [1.29, 1.82) is 0 Å². The summed E-state index contributed by atoms with van der Waals surface area (Å²) in [6, 6.07) is 5.39. The second kappa shape index (κ2) is 5.72. The van der Waals surface area contributed by atoms with E-state index in [1.165, 1.54) is 24.3 Å². The summed E-state index contributed by atoms with van der Waals surface area (Å²) in [5, 5.41) is 0. The standard InChI is InChI=1S/C12H14F3NO/c1-2-3-4-11(16)9-5-7-10(8-6-9)17-12(13,14)15/h2,5-8,11H,1,3-4,16H2. The molecular weight excluding hydrogens is 231 g/mol. The summed E-state index contributed by atoms with van der Waals surface area (Å²) in [4.78, 5) is 0. The summed E-state index contributed by atoms with van der Waals surface area (Å²) in [5.74, 6) is -0.239. The topological polar surface area (TPSA) is 35.2 Å². The highest BCUT2D eigenvalue weighted by atomic mass is 19.4. The Balaban J connectivity index is 2.64. The van der Waals surface area contributed by atoms with Gasteiger partial charge in [0.1, 0.15) is 5.75 Å². The fourth-order valence-electron chi connectivity index (χ4n) is 1.38. The van der Waals surface area contributed by atoms with Crippen LogP contribution >= 0.6 is 0 Å². The molecule has 0 saturated carbocycles. The molecule has 0 fully saturated rings. The van der Waals surface area contributed by atoms with Crippen LogP contribution in [-0.4, -0.2) is 6.36 Å². The first kappa shape index (κ1) is 13.6. The highest BCUT2D eigenvalue weighted by Gasteiger charge is 2.30. The number of ether oxygens (including phenoxy) is 1. The minimum atomic E-state index is -4.66. The van der Waals surface area contributed by atoms with Gasteiger partial charge in [0.15, 0.2) is 0 Å². The molecule has 0 spiro atoms. The van der Waals surface area contributed by atoms with E-state index in [1.54, 1.807) is 6.08 Å². The van der Waals surface area contributed by atoms with Crippen LogP contribution in [0.5, 0.6) is 5.75 Å². The predicted octanol–water partition coefficient (Wildman–Crippen LogP) is 3.55. The molecule has 17 heavy (non-hydrogen) atoms. The largest absolute Gasteiger partial charge is 0.573 e. The first-order valence-corrected chi connectivity index (χ1v) is 5.14. The van der Waals surface area contributed by atoms with Crippen molar-refractivity contribution in [2.75, 3.05) is 0 Å². The summed E-state index contributed by atoms with van der Waals surface area (Å²) in [6.07, 6.45) is -1.43. The fraction of sp³-hybridized carbons (Fsp3) is 0.333. The zero-order chi connectivity index (χ0) is 12.9. The molecule has 1 atom stereocenters. The molecular formula is C12H14F3NO. The van der Waals surface area contributed by atoms with Gasteiger partial charge in [-0.3, -0.25) is 0 Å². The number of halogens is 3. The smallest absolute Gasteiger partial charge is 0.406 e. The predicted molar refractivity (Wildman–Crippen MR) is 59.5 cm³/mol. The molecule has 1 aromatic rings. The van der Waals surface area contributed by atoms with E-state index in [4.69, 9.17) is 5.73 Å². The van der Waals surface area contributed by atoms with Crippen LogP contribution in [0.4, 0.5) is 13.2 Å². The second-order valence-corrected chi connectivity index (χ2v) is 3.59. The molecule has 0 radical (unpaired) electrons. The van der Waals surface area contributed by atoms with E-state index in [1.807, 2.05) is 0 Å². The molecule has 0 aliphatic heterocycles. The molecule has 0 aliphatic carbocycles. The molecule has 1 rings (SSSR count). The zero-order valence-corrected chi connectivity index (χ0v) is 9.20. The Bertz CT molecular complexity index is 359. The average molecular weight is 245 g/mol. The first-order chi connectivity index (χ1) is 7.92. The number of rotatable bonds is 5. The van der Waals surface area contributed by atoms with Crippen LogP contribution in [0.15, 0.2) is 36.9 Å². The monoisotopic (exact) mass is 245 g/mol. The summed E-state index contributed by atoms with van der Waals surface area (Å²) in [5.41, 5.74) is 6.63. The zero-order valence-electron chi connectivity index (χ0n) is 9.20. The molecule has 0 heterocycles. The molecule has 2 N–H and O–H groups in total. The number of alkyl halides is 3. The SMILES string of the molecule is C=CCCC(N)c1ccc(OC(F)(F)F)cc1. The van der Waals surface area contributed by atoms with Gasteiger partial charge in [0, 0.05) is 6.04 Å². The Kier molecular flexibility index (Phi) is 4.57. The van der Waals surface area contributed by atoms with Crippen molar-refractivity contribution < 1.29 is 17.9 Å². The number of nitrogens with two attached hydrogens (primary N) is 1. The third-order valence-corrected chi connectivity index (χ3v) is 2.22. The number of benzene rings is 1. The van der Waals surface area contributed by atoms with Gasteiger partial charge in [-0.15, -0.1) is 19.8 Å². The Morgan fingerprint density at radius 1 is 1.29 bits per heavy atom. The first-order valence-electron chi connectivity index (χ1n) is 5.14. The van der Waals surface area contributed by atoms with Crippen LogP contribution in [0.2, 0.25) is 0 Å². The lowest BCUT2D eigenvalue weighted by Crippen LogP contribution is -2.17. The van der Waals surface area contributed by atoms with Gasteiger partial charge in [-0.05, 0) is 30.5 Å². The molecule has 5 heteroatoms. The Labute approximate surface area is 97.9 Å². The maximum atomic E-state index is 11.9. The van der Waals surface area contributed by atoms with Crippen LogP contribution in [0.1, 0.15) is 24.4 Å². The van der Waals surface area contributed by atoms with Crippen LogP contribution in [0.25, 0.3) is 0 Å². The van der Waals surface area contributed by atoms with E-state index in [2.05, 4.69) is 11.3 Å². The normalized spacial score (nSPS) is 13.2. The van der Waals surface area contributed by atoms with Gasteiger partial charge in [-0.2, -0.15) is 0 Å². The molecule has 1 unspecified atom stereocenters. The second-order valence-electron chi connectivity index (χ2n) is 3.59. The lowest BCUT2D eigenvalue weighted by molar-refractivity contribution is -0.274.